The molecule has 2 atom stereocenters. The van der Waals surface area contributed by atoms with Gasteiger partial charge in [-0.05, 0) is 6.42 Å². The Morgan fingerprint density at radius 3 is 2.33 bits per heavy atom. The van der Waals surface area contributed by atoms with Crippen LogP contribution in [0.2, 0.25) is 19.6 Å². The molecule has 0 aliphatic carbocycles. The first kappa shape index (κ1) is 9.96. The number of hydrogen-bond donors (Lipinski definition) is 1. The van der Waals surface area contributed by atoms with Gasteiger partial charge in [0.15, 0.2) is 0 Å². The fourth-order valence-electron chi connectivity index (χ4n) is 1.07. The van der Waals surface area contributed by atoms with Gasteiger partial charge in [0.25, 0.3) is 0 Å². The molecule has 1 fully saturated rings. The average molecular weight is 186 g/mol. The SMILES string of the molecule is C=C(C[C@H]1O[C@H]1CO)[Si](C)(C)C. The van der Waals surface area contributed by atoms with Gasteiger partial charge in [-0.15, -0.1) is 6.58 Å². The normalized spacial score (nSPS) is 28.7. The highest BCUT2D eigenvalue weighted by atomic mass is 28.3. The minimum absolute atomic E-state index is 0.0955. The zero-order chi connectivity index (χ0) is 9.35. The molecule has 0 spiro atoms. The summed E-state index contributed by atoms with van der Waals surface area (Å²) in [7, 11) is -1.18. The van der Waals surface area contributed by atoms with Gasteiger partial charge < -0.3 is 9.84 Å². The third kappa shape index (κ3) is 2.44. The number of aliphatic hydroxyl groups is 1. The van der Waals surface area contributed by atoms with Crippen molar-refractivity contribution in [1.82, 2.24) is 0 Å². The van der Waals surface area contributed by atoms with Crippen molar-refractivity contribution in [3.8, 4) is 0 Å². The molecule has 3 heteroatoms. The molecule has 1 aliphatic rings. The van der Waals surface area contributed by atoms with Crippen LogP contribution in [-0.4, -0.2) is 32.0 Å². The molecule has 0 radical (unpaired) electrons. The maximum atomic E-state index is 8.75. The summed E-state index contributed by atoms with van der Waals surface area (Å²) in [6.07, 6.45) is 1.30. The van der Waals surface area contributed by atoms with Crippen molar-refractivity contribution in [2.75, 3.05) is 6.61 Å². The molecule has 1 rings (SSSR count). The van der Waals surface area contributed by atoms with Crippen LogP contribution < -0.4 is 0 Å². The van der Waals surface area contributed by atoms with Crippen LogP contribution in [0.25, 0.3) is 0 Å². The first-order valence-electron chi connectivity index (χ1n) is 4.39. The Morgan fingerprint density at radius 1 is 1.42 bits per heavy atom. The van der Waals surface area contributed by atoms with E-state index in [1.165, 1.54) is 5.20 Å². The van der Waals surface area contributed by atoms with Gasteiger partial charge in [0.05, 0.1) is 20.8 Å². The van der Waals surface area contributed by atoms with Gasteiger partial charge in [0.1, 0.15) is 6.10 Å². The fourth-order valence-corrected chi connectivity index (χ4v) is 1.88. The Balaban J connectivity index is 2.30. The minimum Gasteiger partial charge on any atom is -0.394 e. The van der Waals surface area contributed by atoms with E-state index in [0.29, 0.717) is 0 Å². The van der Waals surface area contributed by atoms with Crippen molar-refractivity contribution >= 4 is 8.07 Å². The zero-order valence-electron chi connectivity index (χ0n) is 8.13. The minimum atomic E-state index is -1.18. The van der Waals surface area contributed by atoms with Crippen molar-refractivity contribution in [3.63, 3.8) is 0 Å². The van der Waals surface area contributed by atoms with Gasteiger partial charge in [-0.3, -0.25) is 0 Å². The summed E-state index contributed by atoms with van der Waals surface area (Å²) in [6.45, 7) is 11.1. The molecule has 12 heavy (non-hydrogen) atoms. The van der Waals surface area contributed by atoms with Crippen molar-refractivity contribution < 1.29 is 9.84 Å². The summed E-state index contributed by atoms with van der Waals surface area (Å²) >= 11 is 0. The maximum absolute atomic E-state index is 8.75. The predicted molar refractivity (Wildman–Crippen MR) is 52.8 cm³/mol. The van der Waals surface area contributed by atoms with E-state index in [1.807, 2.05) is 0 Å². The smallest absolute Gasteiger partial charge is 0.107 e. The van der Waals surface area contributed by atoms with Gasteiger partial charge in [0.2, 0.25) is 0 Å². The molecule has 1 N–H and O–H groups in total. The number of aliphatic hydroxyl groups excluding tert-OH is 1. The van der Waals surface area contributed by atoms with Crippen LogP contribution in [0.4, 0.5) is 0 Å². The predicted octanol–water partition coefficient (Wildman–Crippen LogP) is 1.57. The van der Waals surface area contributed by atoms with Crippen LogP contribution >= 0.6 is 0 Å². The second kappa shape index (κ2) is 3.32. The highest BCUT2D eigenvalue weighted by Crippen LogP contribution is 2.30. The highest BCUT2D eigenvalue weighted by molar-refractivity contribution is 6.82. The van der Waals surface area contributed by atoms with Crippen LogP contribution in [0.3, 0.4) is 0 Å². The van der Waals surface area contributed by atoms with Crippen molar-refractivity contribution in [2.45, 2.75) is 38.3 Å². The molecule has 1 heterocycles. The van der Waals surface area contributed by atoms with Crippen LogP contribution in [0, 0.1) is 0 Å². The lowest BCUT2D eigenvalue weighted by molar-refractivity contribution is 0.242. The third-order valence-electron chi connectivity index (χ3n) is 2.38. The Kier molecular flexibility index (Phi) is 2.76. The molecule has 0 aromatic rings. The van der Waals surface area contributed by atoms with Gasteiger partial charge in [-0.25, -0.2) is 0 Å². The molecule has 2 nitrogen and oxygen atoms in total. The third-order valence-corrected chi connectivity index (χ3v) is 4.70. The molecule has 0 unspecified atom stereocenters. The largest absolute Gasteiger partial charge is 0.394 e. The standard InChI is InChI=1S/C9H18O2Si/c1-7(12(2,3)4)5-8-9(6-10)11-8/h8-10H,1,5-6H2,2-4H3/t8-,9+/m1/s1. The molecule has 0 saturated carbocycles. The zero-order valence-corrected chi connectivity index (χ0v) is 9.13. The Hall–Kier alpha value is -0.123. The van der Waals surface area contributed by atoms with Gasteiger partial charge >= 0.3 is 0 Å². The lowest BCUT2D eigenvalue weighted by Gasteiger charge is -2.18. The molecule has 0 amide bonds. The summed E-state index contributed by atoms with van der Waals surface area (Å²) in [4.78, 5) is 0. The summed E-state index contributed by atoms with van der Waals surface area (Å²) in [5.74, 6) is 0. The van der Waals surface area contributed by atoms with Crippen LogP contribution in [0.15, 0.2) is 11.8 Å². The molecular weight excluding hydrogens is 168 g/mol. The van der Waals surface area contributed by atoms with Gasteiger partial charge in [-0.1, -0.05) is 24.8 Å². The summed E-state index contributed by atoms with van der Waals surface area (Å²) in [6, 6.07) is 0. The molecule has 1 saturated heterocycles. The molecule has 1 aliphatic heterocycles. The molecule has 0 aromatic carbocycles. The monoisotopic (exact) mass is 186 g/mol. The highest BCUT2D eigenvalue weighted by Gasteiger charge is 2.39. The quantitative estimate of drug-likeness (QED) is 0.534. The second-order valence-electron chi connectivity index (χ2n) is 4.45. The number of epoxide rings is 1. The Labute approximate surface area is 75.3 Å². The van der Waals surface area contributed by atoms with Crippen molar-refractivity contribution in [3.05, 3.63) is 11.8 Å². The van der Waals surface area contributed by atoms with E-state index in [4.69, 9.17) is 9.84 Å². The fraction of sp³-hybridized carbons (Fsp3) is 0.778. The van der Waals surface area contributed by atoms with E-state index < -0.39 is 8.07 Å². The van der Waals surface area contributed by atoms with Gasteiger partial charge in [0, 0.05) is 0 Å². The Morgan fingerprint density at radius 2 is 2.00 bits per heavy atom. The van der Waals surface area contributed by atoms with Crippen LogP contribution in [0.5, 0.6) is 0 Å². The molecule has 70 valence electrons. The van der Waals surface area contributed by atoms with E-state index >= 15 is 0 Å². The summed E-state index contributed by atoms with van der Waals surface area (Å²) < 4.78 is 5.24. The molecule has 0 aromatic heterocycles. The van der Waals surface area contributed by atoms with Crippen molar-refractivity contribution in [1.29, 1.82) is 0 Å². The molecular formula is C9H18O2Si. The number of hydrogen-bond acceptors (Lipinski definition) is 2. The summed E-state index contributed by atoms with van der Waals surface area (Å²) in [5, 5.41) is 10.1. The topological polar surface area (TPSA) is 32.8 Å². The number of ether oxygens (including phenoxy) is 1. The molecule has 0 bridgehead atoms. The number of rotatable bonds is 4. The van der Waals surface area contributed by atoms with E-state index in [-0.39, 0.29) is 18.8 Å². The van der Waals surface area contributed by atoms with E-state index in [9.17, 15) is 0 Å². The Bertz CT molecular complexity index is 183. The van der Waals surface area contributed by atoms with E-state index in [1.54, 1.807) is 0 Å². The van der Waals surface area contributed by atoms with Crippen LogP contribution in [0.1, 0.15) is 6.42 Å². The lowest BCUT2D eigenvalue weighted by atomic mass is 10.2. The first-order chi connectivity index (χ1) is 5.45. The van der Waals surface area contributed by atoms with E-state index in [2.05, 4.69) is 26.2 Å². The summed E-state index contributed by atoms with van der Waals surface area (Å²) in [5.41, 5.74) is 0. The average Bonchev–Trinajstić information content (AvgIpc) is 2.65. The van der Waals surface area contributed by atoms with Crippen molar-refractivity contribution in [2.24, 2.45) is 0 Å². The first-order valence-corrected chi connectivity index (χ1v) is 7.89. The van der Waals surface area contributed by atoms with E-state index in [0.717, 1.165) is 6.42 Å². The second-order valence-corrected chi connectivity index (χ2v) is 9.66. The lowest BCUT2D eigenvalue weighted by Crippen LogP contribution is -2.24. The van der Waals surface area contributed by atoms with Gasteiger partial charge in [-0.2, -0.15) is 0 Å². The maximum Gasteiger partial charge on any atom is 0.107 e. The van der Waals surface area contributed by atoms with Crippen LogP contribution in [-0.2, 0) is 4.74 Å².